The molecule has 1 amide bonds. The lowest BCUT2D eigenvalue weighted by atomic mass is 10.0. The van der Waals surface area contributed by atoms with E-state index >= 15 is 0 Å². The minimum absolute atomic E-state index is 0.00858. The van der Waals surface area contributed by atoms with Gasteiger partial charge in [0, 0.05) is 10.5 Å². The van der Waals surface area contributed by atoms with Gasteiger partial charge in [0.15, 0.2) is 6.04 Å². The van der Waals surface area contributed by atoms with Crippen molar-refractivity contribution in [3.05, 3.63) is 54.6 Å². The van der Waals surface area contributed by atoms with Crippen LogP contribution in [0, 0.1) is 5.92 Å². The number of amides is 1. The van der Waals surface area contributed by atoms with Gasteiger partial charge in [-0.1, -0.05) is 56.3 Å². The lowest BCUT2D eigenvalue weighted by Crippen LogP contribution is -2.31. The Morgan fingerprint density at radius 2 is 1.77 bits per heavy atom. The minimum atomic E-state index is -0.546. The van der Waals surface area contributed by atoms with Crippen molar-refractivity contribution in [2.75, 3.05) is 11.6 Å². The van der Waals surface area contributed by atoms with Gasteiger partial charge in [-0.2, -0.15) is 4.80 Å². The fourth-order valence-electron chi connectivity index (χ4n) is 2.67. The molecule has 0 aliphatic rings. The summed E-state index contributed by atoms with van der Waals surface area (Å²) >= 11 is 1.59. The number of carbonyl (C=O) groups excluding carboxylic acids is 1. The number of aromatic nitrogens is 4. The van der Waals surface area contributed by atoms with E-state index < -0.39 is 6.04 Å². The van der Waals surface area contributed by atoms with Crippen molar-refractivity contribution in [1.82, 2.24) is 20.2 Å². The van der Waals surface area contributed by atoms with Gasteiger partial charge in [-0.3, -0.25) is 4.79 Å². The number of nitrogens with zero attached hydrogens (tertiary/aromatic N) is 4. The number of carbonyl (C=O) groups is 1. The van der Waals surface area contributed by atoms with Crippen LogP contribution in [0.2, 0.25) is 0 Å². The number of hydrogen-bond donors (Lipinski definition) is 1. The zero-order valence-corrected chi connectivity index (χ0v) is 15.8. The van der Waals surface area contributed by atoms with E-state index in [1.165, 1.54) is 4.80 Å². The van der Waals surface area contributed by atoms with E-state index in [2.05, 4.69) is 20.7 Å². The second kappa shape index (κ2) is 8.14. The Hall–Kier alpha value is -2.67. The third kappa shape index (κ3) is 3.94. The fraction of sp³-hybridized carbons (Fsp3) is 0.263. The van der Waals surface area contributed by atoms with Crippen molar-refractivity contribution >= 4 is 23.4 Å². The zero-order chi connectivity index (χ0) is 18.5. The Labute approximate surface area is 157 Å². The van der Waals surface area contributed by atoms with Crippen molar-refractivity contribution < 1.29 is 4.79 Å². The summed E-state index contributed by atoms with van der Waals surface area (Å²) in [6.45, 7) is 3.94. The summed E-state index contributed by atoms with van der Waals surface area (Å²) in [4.78, 5) is 15.3. The molecule has 1 aromatic heterocycles. The van der Waals surface area contributed by atoms with Gasteiger partial charge in [0.2, 0.25) is 5.82 Å². The second-order valence-corrected chi connectivity index (χ2v) is 7.03. The molecule has 0 fully saturated rings. The van der Waals surface area contributed by atoms with Crippen molar-refractivity contribution in [3.8, 4) is 11.4 Å². The monoisotopic (exact) mass is 367 g/mol. The lowest BCUT2D eigenvalue weighted by Gasteiger charge is -2.19. The molecule has 3 aromatic rings. The van der Waals surface area contributed by atoms with Crippen molar-refractivity contribution in [1.29, 1.82) is 0 Å². The highest BCUT2D eigenvalue weighted by molar-refractivity contribution is 7.98. The van der Waals surface area contributed by atoms with Gasteiger partial charge in [0.1, 0.15) is 0 Å². The molecule has 0 bridgehead atoms. The molecule has 0 radical (unpaired) electrons. The van der Waals surface area contributed by atoms with Gasteiger partial charge in [-0.25, -0.2) is 0 Å². The first-order valence-corrected chi connectivity index (χ1v) is 9.61. The van der Waals surface area contributed by atoms with Crippen LogP contribution >= 0.6 is 11.8 Å². The minimum Gasteiger partial charge on any atom is -0.323 e. The van der Waals surface area contributed by atoms with Crippen LogP contribution in [0.5, 0.6) is 0 Å². The average molecular weight is 367 g/mol. The molecule has 134 valence electrons. The van der Waals surface area contributed by atoms with E-state index in [4.69, 9.17) is 0 Å². The highest BCUT2D eigenvalue weighted by Gasteiger charge is 2.27. The van der Waals surface area contributed by atoms with Crippen molar-refractivity contribution in [3.63, 3.8) is 0 Å². The Balaban J connectivity index is 1.85. The number of anilines is 1. The molecule has 7 heteroatoms. The quantitative estimate of drug-likeness (QED) is 0.669. The number of para-hydroxylation sites is 1. The largest absolute Gasteiger partial charge is 0.323 e. The van der Waals surface area contributed by atoms with Gasteiger partial charge >= 0.3 is 0 Å². The van der Waals surface area contributed by atoms with Crippen LogP contribution < -0.4 is 5.32 Å². The summed E-state index contributed by atoms with van der Waals surface area (Å²) in [7, 11) is 0. The first-order chi connectivity index (χ1) is 12.6. The van der Waals surface area contributed by atoms with Crippen LogP contribution in [0.3, 0.4) is 0 Å². The highest BCUT2D eigenvalue weighted by Crippen LogP contribution is 2.27. The molecule has 0 saturated heterocycles. The van der Waals surface area contributed by atoms with Gasteiger partial charge < -0.3 is 5.32 Å². The molecule has 1 heterocycles. The lowest BCUT2D eigenvalue weighted by molar-refractivity contribution is -0.121. The predicted molar refractivity (Wildman–Crippen MR) is 104 cm³/mol. The van der Waals surface area contributed by atoms with Crippen LogP contribution in [0.1, 0.15) is 19.9 Å². The molecule has 6 nitrogen and oxygen atoms in total. The molecule has 1 unspecified atom stereocenters. The maximum atomic E-state index is 12.9. The Morgan fingerprint density at radius 1 is 1.08 bits per heavy atom. The Kier molecular flexibility index (Phi) is 5.68. The number of tetrazole rings is 1. The molecule has 0 aliphatic carbocycles. The molecule has 26 heavy (non-hydrogen) atoms. The van der Waals surface area contributed by atoms with Crippen LogP contribution in [0.25, 0.3) is 11.4 Å². The van der Waals surface area contributed by atoms with Gasteiger partial charge in [-0.05, 0) is 29.5 Å². The zero-order valence-electron chi connectivity index (χ0n) is 15.0. The summed E-state index contributed by atoms with van der Waals surface area (Å²) in [5, 5.41) is 15.7. The van der Waals surface area contributed by atoms with Crippen LogP contribution in [-0.4, -0.2) is 32.4 Å². The van der Waals surface area contributed by atoms with E-state index in [-0.39, 0.29) is 11.8 Å². The summed E-state index contributed by atoms with van der Waals surface area (Å²) in [6, 6.07) is 16.8. The number of hydrogen-bond acceptors (Lipinski definition) is 5. The Bertz CT molecular complexity index is 878. The number of thioether (sulfide) groups is 1. The SMILES string of the molecule is CSc1ccccc1NC(=O)C(C(C)C)n1nnc(-c2ccccc2)n1. The molecular formula is C19H21N5OS. The fourth-order valence-corrected chi connectivity index (χ4v) is 3.23. The topological polar surface area (TPSA) is 72.7 Å². The van der Waals surface area contributed by atoms with E-state index in [0.29, 0.717) is 5.82 Å². The van der Waals surface area contributed by atoms with Crippen molar-refractivity contribution in [2.24, 2.45) is 5.92 Å². The van der Waals surface area contributed by atoms with E-state index in [9.17, 15) is 4.79 Å². The van der Waals surface area contributed by atoms with E-state index in [1.807, 2.05) is 74.7 Å². The second-order valence-electron chi connectivity index (χ2n) is 6.18. The van der Waals surface area contributed by atoms with E-state index in [0.717, 1.165) is 16.1 Å². The standard InChI is InChI=1S/C19H21N5OS/c1-13(2)17(19(25)20-15-11-7-8-12-16(15)26-3)24-22-18(21-23-24)14-9-5-4-6-10-14/h4-13,17H,1-3H3,(H,20,25). The molecule has 3 rings (SSSR count). The first-order valence-electron chi connectivity index (χ1n) is 8.39. The maximum absolute atomic E-state index is 12.9. The molecule has 0 aliphatic heterocycles. The molecule has 1 N–H and O–H groups in total. The normalized spacial score (nSPS) is 12.2. The molecule has 1 atom stereocenters. The summed E-state index contributed by atoms with van der Waals surface area (Å²) in [6.07, 6.45) is 1.98. The third-order valence-electron chi connectivity index (χ3n) is 3.97. The highest BCUT2D eigenvalue weighted by atomic mass is 32.2. The van der Waals surface area contributed by atoms with Crippen LogP contribution in [-0.2, 0) is 4.79 Å². The van der Waals surface area contributed by atoms with Crippen LogP contribution in [0.15, 0.2) is 59.5 Å². The van der Waals surface area contributed by atoms with Gasteiger partial charge in [0.05, 0.1) is 5.69 Å². The average Bonchev–Trinajstić information content (AvgIpc) is 3.12. The molecule has 2 aromatic carbocycles. The summed E-state index contributed by atoms with van der Waals surface area (Å²) < 4.78 is 0. The Morgan fingerprint density at radius 3 is 2.46 bits per heavy atom. The first kappa shape index (κ1) is 18.1. The maximum Gasteiger partial charge on any atom is 0.251 e. The number of rotatable bonds is 6. The number of nitrogens with one attached hydrogen (secondary N) is 1. The molecule has 0 saturated carbocycles. The van der Waals surface area contributed by atoms with Gasteiger partial charge in [-0.15, -0.1) is 22.0 Å². The van der Waals surface area contributed by atoms with Gasteiger partial charge in [0.25, 0.3) is 5.91 Å². The summed E-state index contributed by atoms with van der Waals surface area (Å²) in [5.41, 5.74) is 1.66. The predicted octanol–water partition coefficient (Wildman–Crippen LogP) is 3.90. The van der Waals surface area contributed by atoms with Crippen LogP contribution in [0.4, 0.5) is 5.69 Å². The van der Waals surface area contributed by atoms with E-state index in [1.54, 1.807) is 11.8 Å². The molecule has 0 spiro atoms. The smallest absolute Gasteiger partial charge is 0.251 e. The summed E-state index contributed by atoms with van der Waals surface area (Å²) in [5.74, 6) is 0.362. The third-order valence-corrected chi connectivity index (χ3v) is 4.77. The number of benzene rings is 2. The van der Waals surface area contributed by atoms with Crippen molar-refractivity contribution in [2.45, 2.75) is 24.8 Å². The molecular weight excluding hydrogens is 346 g/mol.